The molecule has 0 aromatic heterocycles. The van der Waals surface area contributed by atoms with Crippen LogP contribution in [0.15, 0.2) is 133 Å². The molecular weight excluding hydrogens is 622 g/mol. The fourth-order valence-corrected chi connectivity index (χ4v) is 4.82. The van der Waals surface area contributed by atoms with E-state index in [1.165, 1.54) is 35.9 Å². The van der Waals surface area contributed by atoms with Crippen molar-refractivity contribution in [1.82, 2.24) is 0 Å². The molecule has 0 nitrogen and oxygen atoms in total. The molecule has 1 aliphatic rings. The quantitative estimate of drug-likeness (QED) is 0.203. The molecule has 0 heterocycles. The SMILES string of the molecule is [C-]1=CC=CC1.[Cl-].[Cl-].[Hf+2]=[C](c1ccccc1)c1ccccc1.c1ccc2c(c1)[cH-]c1ccccc12. The largest absolute Gasteiger partial charge is 0.126 e. The van der Waals surface area contributed by atoms with Gasteiger partial charge in [0.25, 0.3) is 0 Å². The van der Waals surface area contributed by atoms with Gasteiger partial charge in [0.1, 0.15) is 0 Å². The van der Waals surface area contributed by atoms with Gasteiger partial charge in [-0.1, -0.05) is 36.4 Å². The van der Waals surface area contributed by atoms with Crippen LogP contribution in [0, 0.1) is 6.08 Å². The second-order valence-corrected chi connectivity index (χ2v) is 9.23. The first-order valence-corrected chi connectivity index (χ1v) is 12.6. The van der Waals surface area contributed by atoms with E-state index in [-0.39, 0.29) is 24.8 Å². The van der Waals surface area contributed by atoms with Gasteiger partial charge in [-0.2, -0.15) is 6.08 Å². The molecule has 168 valence electrons. The van der Waals surface area contributed by atoms with Gasteiger partial charge < -0.3 is 24.8 Å². The normalized spacial score (nSPS) is 10.9. The van der Waals surface area contributed by atoms with E-state index in [0.29, 0.717) is 0 Å². The Morgan fingerprint density at radius 3 is 1.44 bits per heavy atom. The topological polar surface area (TPSA) is 0 Å². The van der Waals surface area contributed by atoms with E-state index >= 15 is 0 Å². The second kappa shape index (κ2) is 14.7. The van der Waals surface area contributed by atoms with E-state index < -0.39 is 0 Å². The standard InChI is InChI=1S/C13H9.C13H10.C5H5.2ClH.Hf/c1-3-7-12-10(5-1)9-11-6-2-4-8-13(11)12;1-3-7-12(8-4-1)11-13-9-5-2-6-10-13;1-2-4-5-3-1;;;/h1-9H;1-10H;1-3H,4H2;2*1H;/q-1;;-1;;;+2/p-2. The summed E-state index contributed by atoms with van der Waals surface area (Å²) in [6.45, 7) is 0. The fourth-order valence-electron chi connectivity index (χ4n) is 3.62. The van der Waals surface area contributed by atoms with Gasteiger partial charge in [0.05, 0.1) is 0 Å². The first-order chi connectivity index (χ1) is 15.8. The summed E-state index contributed by atoms with van der Waals surface area (Å²) in [6.07, 6.45) is 10.0. The summed E-state index contributed by atoms with van der Waals surface area (Å²) in [5.41, 5.74) is 2.70. The van der Waals surface area contributed by atoms with Gasteiger partial charge in [0.2, 0.25) is 0 Å². The minimum absolute atomic E-state index is 0. The molecule has 1 aliphatic carbocycles. The Balaban J connectivity index is 0.000000191. The predicted octanol–water partition coefficient (Wildman–Crippen LogP) is 1.83. The van der Waals surface area contributed by atoms with E-state index in [1.54, 1.807) is 0 Å². The zero-order chi connectivity index (χ0) is 22.0. The molecule has 0 atom stereocenters. The molecule has 3 heteroatoms. The molecule has 5 aromatic rings. The average Bonchev–Trinajstić information content (AvgIpc) is 3.57. The van der Waals surface area contributed by atoms with Crippen molar-refractivity contribution in [3.05, 3.63) is 151 Å². The minimum atomic E-state index is 0. The summed E-state index contributed by atoms with van der Waals surface area (Å²) in [5.74, 6) is 0. The summed E-state index contributed by atoms with van der Waals surface area (Å²) in [5, 5.41) is 5.39. The van der Waals surface area contributed by atoms with Crippen molar-refractivity contribution >= 4 is 24.8 Å². The van der Waals surface area contributed by atoms with Crippen molar-refractivity contribution in [3.63, 3.8) is 0 Å². The molecule has 0 N–H and O–H groups in total. The molecule has 0 amide bonds. The van der Waals surface area contributed by atoms with Gasteiger partial charge in [0, 0.05) is 0 Å². The van der Waals surface area contributed by atoms with Crippen LogP contribution in [0.4, 0.5) is 0 Å². The molecule has 0 spiro atoms. The Hall–Kier alpha value is -2.45. The zero-order valence-electron chi connectivity index (χ0n) is 18.7. The van der Waals surface area contributed by atoms with E-state index in [0.717, 1.165) is 30.3 Å². The van der Waals surface area contributed by atoms with E-state index in [4.69, 9.17) is 0 Å². The molecule has 0 fully saturated rings. The van der Waals surface area contributed by atoms with Crippen molar-refractivity contribution in [2.24, 2.45) is 0 Å². The van der Waals surface area contributed by atoms with Gasteiger partial charge in [-0.15, -0.1) is 46.2 Å². The second-order valence-electron chi connectivity index (χ2n) is 7.43. The molecule has 0 saturated carbocycles. The summed E-state index contributed by atoms with van der Waals surface area (Å²) in [4.78, 5) is 0. The maximum absolute atomic E-state index is 2.99. The molecule has 0 radical (unpaired) electrons. The Morgan fingerprint density at radius 2 is 1.06 bits per heavy atom. The van der Waals surface area contributed by atoms with Crippen LogP contribution in [0.5, 0.6) is 0 Å². The molecule has 34 heavy (non-hydrogen) atoms. The summed E-state index contributed by atoms with van der Waals surface area (Å²) in [7, 11) is 0. The van der Waals surface area contributed by atoms with E-state index in [2.05, 4.69) is 127 Å². The van der Waals surface area contributed by atoms with Gasteiger partial charge in [0.15, 0.2) is 0 Å². The molecule has 0 aliphatic heterocycles. The minimum Gasteiger partial charge on any atom is -0.126 e. The van der Waals surface area contributed by atoms with Crippen molar-refractivity contribution < 1.29 is 48.7 Å². The number of fused-ring (bicyclic) bond motifs is 3. The van der Waals surface area contributed by atoms with Gasteiger partial charge >= 0.3 is 98.9 Å². The van der Waals surface area contributed by atoms with Crippen LogP contribution < -0.4 is 24.8 Å². The third-order valence-corrected chi connectivity index (χ3v) is 7.31. The number of halogens is 2. The molecular formula is C31H24Cl2Hf-2. The number of rotatable bonds is 2. The monoisotopic (exact) mass is 646 g/mol. The summed E-state index contributed by atoms with van der Waals surface area (Å²) < 4.78 is 1.46. The fraction of sp³-hybridized carbons (Fsp3) is 0.0323. The Morgan fingerprint density at radius 1 is 0.618 bits per heavy atom. The van der Waals surface area contributed by atoms with Gasteiger partial charge in [-0.25, -0.2) is 12.2 Å². The van der Waals surface area contributed by atoms with Crippen LogP contribution in [0.2, 0.25) is 0 Å². The van der Waals surface area contributed by atoms with Crippen molar-refractivity contribution in [2.75, 3.05) is 0 Å². The zero-order valence-corrected chi connectivity index (χ0v) is 23.8. The van der Waals surface area contributed by atoms with E-state index in [9.17, 15) is 0 Å². The smallest absolute Gasteiger partial charge is 0.0771 e. The van der Waals surface area contributed by atoms with Crippen molar-refractivity contribution in [3.8, 4) is 0 Å². The van der Waals surface area contributed by atoms with Crippen molar-refractivity contribution in [2.45, 2.75) is 6.42 Å². The molecule has 0 saturated heterocycles. The molecule has 5 aromatic carbocycles. The average molecular weight is 646 g/mol. The van der Waals surface area contributed by atoms with Gasteiger partial charge in [-0.05, 0) is 0 Å². The van der Waals surface area contributed by atoms with Crippen molar-refractivity contribution in [1.29, 1.82) is 0 Å². The van der Waals surface area contributed by atoms with Crippen LogP contribution >= 0.6 is 0 Å². The number of benzene rings is 4. The maximum atomic E-state index is 2.99. The number of allylic oxidation sites excluding steroid dienone is 4. The maximum Gasteiger partial charge on any atom is -0.0771 e. The summed E-state index contributed by atoms with van der Waals surface area (Å²) >= 11 is 1.08. The molecule has 0 bridgehead atoms. The van der Waals surface area contributed by atoms with Crippen LogP contribution in [0.25, 0.3) is 21.5 Å². The molecule has 0 unspecified atom stereocenters. The van der Waals surface area contributed by atoms with Gasteiger partial charge in [-0.3, -0.25) is 6.08 Å². The Kier molecular flexibility index (Phi) is 12.0. The number of hydrogen-bond donors (Lipinski definition) is 0. The number of hydrogen-bond acceptors (Lipinski definition) is 0. The van der Waals surface area contributed by atoms with Crippen LogP contribution in [-0.2, 0) is 23.9 Å². The first kappa shape index (κ1) is 27.8. The predicted molar refractivity (Wildman–Crippen MR) is 135 cm³/mol. The molecule has 6 rings (SSSR count). The first-order valence-electron chi connectivity index (χ1n) is 10.8. The van der Waals surface area contributed by atoms with Crippen LogP contribution in [-0.4, -0.2) is 3.26 Å². The third kappa shape index (κ3) is 7.53. The third-order valence-electron chi connectivity index (χ3n) is 5.23. The van der Waals surface area contributed by atoms with Crippen LogP contribution in [0.3, 0.4) is 0 Å². The summed E-state index contributed by atoms with van der Waals surface area (Å²) in [6, 6.07) is 40.5. The van der Waals surface area contributed by atoms with E-state index in [1.807, 2.05) is 12.2 Å². The Labute approximate surface area is 229 Å². The van der Waals surface area contributed by atoms with Crippen LogP contribution in [0.1, 0.15) is 17.5 Å². The Bertz CT molecular complexity index is 1250.